The van der Waals surface area contributed by atoms with Gasteiger partial charge in [0.15, 0.2) is 0 Å². The monoisotopic (exact) mass is 159 g/mol. The first-order valence-electron chi connectivity index (χ1n) is 3.97. The zero-order chi connectivity index (χ0) is 8.55. The van der Waals surface area contributed by atoms with Crippen LogP contribution in [0.15, 0.2) is 30.5 Å². The minimum absolute atomic E-state index is 1.07. The Morgan fingerprint density at radius 2 is 2.00 bits per heavy atom. The molecule has 0 fully saturated rings. The van der Waals surface area contributed by atoms with Crippen LogP contribution in [-0.4, -0.2) is 14.1 Å². The second kappa shape index (κ2) is 2.55. The lowest BCUT2D eigenvalue weighted by Gasteiger charge is -2.21. The van der Waals surface area contributed by atoms with Crippen LogP contribution in [-0.2, 0) is 0 Å². The summed E-state index contributed by atoms with van der Waals surface area (Å²) in [6.45, 7) is 0. The fraction of sp³-hybridized carbons (Fsp3) is 0.200. The van der Waals surface area contributed by atoms with Crippen molar-refractivity contribution in [3.63, 3.8) is 0 Å². The van der Waals surface area contributed by atoms with Crippen LogP contribution in [0.1, 0.15) is 0 Å². The summed E-state index contributed by atoms with van der Waals surface area (Å²) < 4.78 is 0. The average Bonchev–Trinajstić information content (AvgIpc) is 2.49. The molecule has 1 aliphatic carbocycles. The van der Waals surface area contributed by atoms with Crippen molar-refractivity contribution in [2.75, 3.05) is 19.0 Å². The van der Waals surface area contributed by atoms with E-state index in [1.807, 2.05) is 38.5 Å². The third-order valence-electron chi connectivity index (χ3n) is 2.00. The van der Waals surface area contributed by atoms with Crippen molar-refractivity contribution in [3.8, 4) is 11.3 Å². The number of hydrogen-bond donors (Lipinski definition) is 0. The Morgan fingerprint density at radius 3 is 2.75 bits per heavy atom. The van der Waals surface area contributed by atoms with Gasteiger partial charge in [-0.15, -0.1) is 5.69 Å². The summed E-state index contributed by atoms with van der Waals surface area (Å²) in [4.78, 5) is 6.36. The summed E-state index contributed by atoms with van der Waals surface area (Å²) in [5, 5.41) is 0. The molecule has 0 aromatic heterocycles. The Kier molecular flexibility index (Phi) is 1.54. The Balaban J connectivity index is 2.63. The highest BCUT2D eigenvalue weighted by molar-refractivity contribution is 5.77. The number of anilines is 1. The molecule has 0 aromatic carbocycles. The standard InChI is InChI=1S/C10H11N2/c1-12(2)10-6-7-11-9-5-3-4-8(9)10/h3-7H,1-2H3/q-1. The maximum atomic E-state index is 4.26. The lowest BCUT2D eigenvalue weighted by Crippen LogP contribution is -2.10. The quantitative estimate of drug-likeness (QED) is 0.631. The molecule has 0 spiro atoms. The maximum absolute atomic E-state index is 4.26. The van der Waals surface area contributed by atoms with Gasteiger partial charge in [-0.25, -0.2) is 0 Å². The predicted octanol–water partition coefficient (Wildman–Crippen LogP) is 1.81. The van der Waals surface area contributed by atoms with E-state index in [-0.39, 0.29) is 0 Å². The van der Waals surface area contributed by atoms with Gasteiger partial charge in [0, 0.05) is 19.8 Å². The summed E-state index contributed by atoms with van der Waals surface area (Å²) in [6, 6.07) is 8.19. The Hall–Kier alpha value is -1.44. The van der Waals surface area contributed by atoms with Crippen LogP contribution in [0.25, 0.3) is 11.3 Å². The fourth-order valence-electron chi connectivity index (χ4n) is 1.41. The molecule has 0 aromatic rings. The van der Waals surface area contributed by atoms with Crippen LogP contribution in [0, 0.1) is 0 Å². The van der Waals surface area contributed by atoms with Crippen molar-refractivity contribution >= 4 is 5.69 Å². The SMILES string of the molecule is CN(C)c1cc[n-]c2cccc1-2. The van der Waals surface area contributed by atoms with Gasteiger partial charge in [-0.2, -0.15) is 6.20 Å². The van der Waals surface area contributed by atoms with Crippen molar-refractivity contribution in [2.45, 2.75) is 0 Å². The maximum Gasteiger partial charge on any atom is 0.0404 e. The van der Waals surface area contributed by atoms with E-state index in [9.17, 15) is 0 Å². The first kappa shape index (κ1) is 7.22. The van der Waals surface area contributed by atoms with Gasteiger partial charge in [-0.3, -0.25) is 0 Å². The molecule has 62 valence electrons. The molecule has 2 rings (SSSR count). The summed E-state index contributed by atoms with van der Waals surface area (Å²) in [5.41, 5.74) is 3.52. The highest BCUT2D eigenvalue weighted by Crippen LogP contribution is 2.29. The van der Waals surface area contributed by atoms with Crippen LogP contribution in [0.5, 0.6) is 0 Å². The van der Waals surface area contributed by atoms with Crippen molar-refractivity contribution in [3.05, 3.63) is 30.5 Å². The molecule has 0 radical (unpaired) electrons. The minimum atomic E-state index is 1.07. The molecule has 12 heavy (non-hydrogen) atoms. The molecule has 0 saturated heterocycles. The Bertz CT molecular complexity index is 349. The summed E-state index contributed by atoms with van der Waals surface area (Å²) in [5.74, 6) is 0. The van der Waals surface area contributed by atoms with Gasteiger partial charge in [0.2, 0.25) is 0 Å². The van der Waals surface area contributed by atoms with Gasteiger partial charge < -0.3 is 9.88 Å². The van der Waals surface area contributed by atoms with Crippen LogP contribution < -0.4 is 9.88 Å². The molecule has 0 saturated carbocycles. The molecular weight excluding hydrogens is 148 g/mol. The summed E-state index contributed by atoms with van der Waals surface area (Å²) in [6.07, 6.45) is 1.84. The summed E-state index contributed by atoms with van der Waals surface area (Å²) >= 11 is 0. The number of aromatic nitrogens is 1. The van der Waals surface area contributed by atoms with E-state index in [1.165, 1.54) is 11.3 Å². The van der Waals surface area contributed by atoms with E-state index < -0.39 is 0 Å². The third kappa shape index (κ3) is 0.961. The van der Waals surface area contributed by atoms with Crippen LogP contribution >= 0.6 is 0 Å². The molecule has 0 unspecified atom stereocenters. The van der Waals surface area contributed by atoms with Crippen molar-refractivity contribution < 1.29 is 0 Å². The van der Waals surface area contributed by atoms with Crippen molar-refractivity contribution in [2.24, 2.45) is 0 Å². The number of hydrogen-bond acceptors (Lipinski definition) is 1. The largest absolute Gasteiger partial charge is 0.663 e. The lowest BCUT2D eigenvalue weighted by atomic mass is 10.2. The summed E-state index contributed by atoms with van der Waals surface area (Å²) in [7, 11) is 4.09. The van der Waals surface area contributed by atoms with Gasteiger partial charge in [0.1, 0.15) is 0 Å². The van der Waals surface area contributed by atoms with E-state index in [2.05, 4.69) is 16.0 Å². The van der Waals surface area contributed by atoms with Gasteiger partial charge in [-0.05, 0) is 5.56 Å². The molecule has 1 heterocycles. The highest BCUT2D eigenvalue weighted by Gasteiger charge is 2.02. The smallest absolute Gasteiger partial charge is 0.0404 e. The zero-order valence-corrected chi connectivity index (χ0v) is 7.28. The Labute approximate surface area is 72.2 Å². The van der Waals surface area contributed by atoms with E-state index in [1.54, 1.807) is 0 Å². The van der Waals surface area contributed by atoms with Gasteiger partial charge in [0.05, 0.1) is 0 Å². The van der Waals surface area contributed by atoms with E-state index in [0.29, 0.717) is 0 Å². The van der Waals surface area contributed by atoms with E-state index >= 15 is 0 Å². The van der Waals surface area contributed by atoms with Gasteiger partial charge in [0.25, 0.3) is 0 Å². The number of rotatable bonds is 1. The molecule has 2 aliphatic rings. The fourth-order valence-corrected chi connectivity index (χ4v) is 1.41. The lowest BCUT2D eigenvalue weighted by molar-refractivity contribution is 1.12. The molecular formula is C10H11N2-. The second-order valence-corrected chi connectivity index (χ2v) is 3.05. The molecule has 0 atom stereocenters. The van der Waals surface area contributed by atoms with Crippen LogP contribution in [0.3, 0.4) is 0 Å². The molecule has 1 aliphatic heterocycles. The first-order chi connectivity index (χ1) is 5.79. The molecule has 2 nitrogen and oxygen atoms in total. The topological polar surface area (TPSA) is 17.3 Å². The first-order valence-corrected chi connectivity index (χ1v) is 3.97. The van der Waals surface area contributed by atoms with Crippen LogP contribution in [0.2, 0.25) is 0 Å². The normalized spacial score (nSPS) is 10.5. The second-order valence-electron chi connectivity index (χ2n) is 3.05. The Morgan fingerprint density at radius 1 is 1.17 bits per heavy atom. The van der Waals surface area contributed by atoms with E-state index in [0.717, 1.165) is 5.69 Å². The number of pyridine rings is 1. The molecule has 0 amide bonds. The van der Waals surface area contributed by atoms with Crippen LogP contribution in [0.4, 0.5) is 5.69 Å². The van der Waals surface area contributed by atoms with E-state index in [4.69, 9.17) is 0 Å². The number of nitrogens with zero attached hydrogens (tertiary/aromatic N) is 2. The third-order valence-corrected chi connectivity index (χ3v) is 2.00. The molecule has 0 N–H and O–H groups in total. The van der Waals surface area contributed by atoms with Crippen molar-refractivity contribution in [1.29, 1.82) is 0 Å². The molecule has 0 bridgehead atoms. The van der Waals surface area contributed by atoms with Gasteiger partial charge in [-0.1, -0.05) is 24.3 Å². The predicted molar refractivity (Wildman–Crippen MR) is 50.7 cm³/mol. The minimum Gasteiger partial charge on any atom is -0.663 e. The highest BCUT2D eigenvalue weighted by atomic mass is 15.1. The zero-order valence-electron chi connectivity index (χ0n) is 7.28. The molecule has 2 heteroatoms. The average molecular weight is 159 g/mol. The van der Waals surface area contributed by atoms with Gasteiger partial charge >= 0.3 is 0 Å². The number of fused-ring (bicyclic) bond motifs is 1. The van der Waals surface area contributed by atoms with Crippen molar-refractivity contribution in [1.82, 2.24) is 4.98 Å².